The van der Waals surface area contributed by atoms with Gasteiger partial charge in [-0.15, -0.1) is 0 Å². The van der Waals surface area contributed by atoms with Crippen LogP contribution in [0.25, 0.3) is 72.1 Å². The van der Waals surface area contributed by atoms with Gasteiger partial charge in [-0.2, -0.15) is 0 Å². The van der Waals surface area contributed by atoms with Crippen molar-refractivity contribution in [3.05, 3.63) is 169 Å². The predicted octanol–water partition coefficient (Wildman–Crippen LogP) is 11.5. The molecule has 0 saturated carbocycles. The van der Waals surface area contributed by atoms with E-state index in [0.717, 1.165) is 22.5 Å². The second-order valence-electron chi connectivity index (χ2n) is 12.9. The summed E-state index contributed by atoms with van der Waals surface area (Å²) in [5.41, 5.74) is 15.8. The van der Waals surface area contributed by atoms with Crippen LogP contribution in [0.2, 0.25) is 0 Å². The highest BCUT2D eigenvalue weighted by molar-refractivity contribution is 6.11. The SMILES string of the molecule is CC1(C)c2cc(-c3ccccc3)ccc2-c2cc3c4ccccc4n(-c4cccc(-c5ccc(-c6ccccc6)cn5)c4)c3cc21. The molecule has 8 aromatic rings. The van der Waals surface area contributed by atoms with Gasteiger partial charge in [0.1, 0.15) is 0 Å². The number of fused-ring (bicyclic) bond motifs is 6. The fraction of sp³-hybridized carbons (Fsp3) is 0.0682. The summed E-state index contributed by atoms with van der Waals surface area (Å²) in [5, 5.41) is 2.55. The zero-order chi connectivity index (χ0) is 30.8. The van der Waals surface area contributed by atoms with Gasteiger partial charge in [-0.25, -0.2) is 0 Å². The monoisotopic (exact) mass is 588 g/mol. The Kier molecular flexibility index (Phi) is 5.88. The molecule has 0 aliphatic heterocycles. The van der Waals surface area contributed by atoms with Gasteiger partial charge in [0.05, 0.1) is 16.7 Å². The van der Waals surface area contributed by atoms with Gasteiger partial charge in [-0.05, 0) is 81.4 Å². The summed E-state index contributed by atoms with van der Waals surface area (Å²) in [5.74, 6) is 0. The molecule has 2 aromatic heterocycles. The summed E-state index contributed by atoms with van der Waals surface area (Å²) in [6.07, 6.45) is 1.98. The standard InChI is InChI=1S/C44H32N2/c1-44(2)39-25-31(29-12-5-3-6-13-29)20-22-35(39)37-26-38-36-18-9-10-19-42(36)46(43(38)27-40(37)44)34-17-11-16-32(24-34)41-23-21-33(28-45-41)30-14-7-4-8-15-30/h3-28H,1-2H3. The van der Waals surface area contributed by atoms with Crippen LogP contribution in [0, 0.1) is 0 Å². The van der Waals surface area contributed by atoms with Gasteiger partial charge in [0.15, 0.2) is 0 Å². The van der Waals surface area contributed by atoms with Crippen molar-refractivity contribution in [2.75, 3.05) is 0 Å². The maximum atomic E-state index is 4.88. The molecule has 1 aliphatic carbocycles. The van der Waals surface area contributed by atoms with Crippen LogP contribution in [0.1, 0.15) is 25.0 Å². The third kappa shape index (κ3) is 4.07. The number of benzene rings is 6. The van der Waals surface area contributed by atoms with Crippen molar-refractivity contribution in [1.29, 1.82) is 0 Å². The lowest BCUT2D eigenvalue weighted by Crippen LogP contribution is -2.15. The van der Waals surface area contributed by atoms with E-state index in [1.54, 1.807) is 0 Å². The van der Waals surface area contributed by atoms with Gasteiger partial charge in [0, 0.05) is 39.2 Å². The largest absolute Gasteiger partial charge is 0.309 e. The summed E-state index contributed by atoms with van der Waals surface area (Å²) in [6, 6.07) is 54.9. The number of nitrogens with zero attached hydrogens (tertiary/aromatic N) is 2. The van der Waals surface area contributed by atoms with Crippen molar-refractivity contribution in [3.63, 3.8) is 0 Å². The Bertz CT molecular complexity index is 2410. The molecule has 2 heteroatoms. The smallest absolute Gasteiger partial charge is 0.0703 e. The van der Waals surface area contributed by atoms with Crippen molar-refractivity contribution in [2.24, 2.45) is 0 Å². The number of hydrogen-bond acceptors (Lipinski definition) is 1. The first-order chi connectivity index (χ1) is 22.6. The van der Waals surface area contributed by atoms with Gasteiger partial charge >= 0.3 is 0 Å². The van der Waals surface area contributed by atoms with Crippen LogP contribution in [0.15, 0.2) is 158 Å². The summed E-state index contributed by atoms with van der Waals surface area (Å²) >= 11 is 0. The minimum Gasteiger partial charge on any atom is -0.309 e. The zero-order valence-corrected chi connectivity index (χ0v) is 25.9. The molecule has 2 nitrogen and oxygen atoms in total. The summed E-state index contributed by atoms with van der Waals surface area (Å²) in [7, 11) is 0. The molecule has 0 amide bonds. The average Bonchev–Trinajstić information content (AvgIpc) is 3.56. The maximum Gasteiger partial charge on any atom is 0.0703 e. The van der Waals surface area contributed by atoms with E-state index in [0.29, 0.717) is 0 Å². The van der Waals surface area contributed by atoms with Crippen LogP contribution in [0.4, 0.5) is 0 Å². The van der Waals surface area contributed by atoms with Crippen LogP contribution >= 0.6 is 0 Å². The molecule has 0 bridgehead atoms. The number of pyridine rings is 1. The van der Waals surface area contributed by atoms with E-state index in [1.807, 2.05) is 12.3 Å². The van der Waals surface area contributed by atoms with Crippen molar-refractivity contribution >= 4 is 21.8 Å². The Balaban J connectivity index is 1.19. The van der Waals surface area contributed by atoms with E-state index in [4.69, 9.17) is 4.98 Å². The van der Waals surface area contributed by atoms with Crippen LogP contribution in [0.3, 0.4) is 0 Å². The van der Waals surface area contributed by atoms with Gasteiger partial charge < -0.3 is 4.57 Å². The second kappa shape index (κ2) is 10.2. The number of para-hydroxylation sites is 1. The molecule has 0 saturated heterocycles. The fourth-order valence-electron chi connectivity index (χ4n) is 7.46. The minimum atomic E-state index is -0.128. The molecule has 46 heavy (non-hydrogen) atoms. The Labute approximate surface area is 269 Å². The molecule has 0 N–H and O–H groups in total. The average molecular weight is 589 g/mol. The normalized spacial score (nSPS) is 13.2. The first kappa shape index (κ1) is 26.7. The van der Waals surface area contributed by atoms with Crippen LogP contribution in [0.5, 0.6) is 0 Å². The third-order valence-electron chi connectivity index (χ3n) is 9.85. The first-order valence-corrected chi connectivity index (χ1v) is 16.0. The minimum absolute atomic E-state index is 0.128. The van der Waals surface area contributed by atoms with Crippen molar-refractivity contribution < 1.29 is 0 Å². The molecular formula is C44H32N2. The topological polar surface area (TPSA) is 17.8 Å². The summed E-state index contributed by atoms with van der Waals surface area (Å²) in [6.45, 7) is 4.74. The van der Waals surface area contributed by atoms with E-state index in [-0.39, 0.29) is 5.41 Å². The molecule has 9 rings (SSSR count). The van der Waals surface area contributed by atoms with Crippen molar-refractivity contribution in [2.45, 2.75) is 19.3 Å². The molecule has 0 radical (unpaired) electrons. The molecule has 0 spiro atoms. The lowest BCUT2D eigenvalue weighted by Gasteiger charge is -2.22. The maximum absolute atomic E-state index is 4.88. The fourth-order valence-corrected chi connectivity index (χ4v) is 7.46. The quantitative estimate of drug-likeness (QED) is 0.200. The Morgan fingerprint density at radius 2 is 1.13 bits per heavy atom. The van der Waals surface area contributed by atoms with Gasteiger partial charge in [-0.3, -0.25) is 4.98 Å². The van der Waals surface area contributed by atoms with E-state index >= 15 is 0 Å². The highest BCUT2D eigenvalue weighted by atomic mass is 15.0. The lowest BCUT2D eigenvalue weighted by molar-refractivity contribution is 0.661. The van der Waals surface area contributed by atoms with E-state index in [9.17, 15) is 0 Å². The highest BCUT2D eigenvalue weighted by Gasteiger charge is 2.36. The van der Waals surface area contributed by atoms with Crippen molar-refractivity contribution in [1.82, 2.24) is 9.55 Å². The van der Waals surface area contributed by atoms with Crippen LogP contribution in [-0.4, -0.2) is 9.55 Å². The molecule has 6 aromatic carbocycles. The lowest BCUT2D eigenvalue weighted by atomic mass is 9.81. The number of hydrogen-bond donors (Lipinski definition) is 0. The van der Waals surface area contributed by atoms with E-state index in [2.05, 4.69) is 164 Å². The summed E-state index contributed by atoms with van der Waals surface area (Å²) < 4.78 is 2.43. The first-order valence-electron chi connectivity index (χ1n) is 16.0. The van der Waals surface area contributed by atoms with Crippen molar-refractivity contribution in [3.8, 4) is 50.3 Å². The van der Waals surface area contributed by atoms with Crippen LogP contribution < -0.4 is 0 Å². The second-order valence-corrected chi connectivity index (χ2v) is 12.9. The van der Waals surface area contributed by atoms with Crippen LogP contribution in [-0.2, 0) is 5.41 Å². The van der Waals surface area contributed by atoms with Gasteiger partial charge in [-0.1, -0.05) is 123 Å². The molecule has 0 fully saturated rings. The van der Waals surface area contributed by atoms with Gasteiger partial charge in [0.25, 0.3) is 0 Å². The predicted molar refractivity (Wildman–Crippen MR) is 192 cm³/mol. The Morgan fingerprint density at radius 3 is 1.89 bits per heavy atom. The number of aromatic nitrogens is 2. The number of rotatable bonds is 4. The van der Waals surface area contributed by atoms with E-state index in [1.165, 1.54) is 60.8 Å². The molecule has 1 aliphatic rings. The summed E-state index contributed by atoms with van der Waals surface area (Å²) in [4.78, 5) is 4.88. The molecule has 218 valence electrons. The Morgan fingerprint density at radius 1 is 0.457 bits per heavy atom. The molecule has 2 heterocycles. The molecular weight excluding hydrogens is 556 g/mol. The third-order valence-corrected chi connectivity index (χ3v) is 9.85. The van der Waals surface area contributed by atoms with E-state index < -0.39 is 0 Å². The molecule has 0 atom stereocenters. The zero-order valence-electron chi connectivity index (χ0n) is 25.9. The van der Waals surface area contributed by atoms with Gasteiger partial charge in [0.2, 0.25) is 0 Å². The Hall–Kier alpha value is -5.73. The molecule has 0 unspecified atom stereocenters. The highest BCUT2D eigenvalue weighted by Crippen LogP contribution is 2.52.